The minimum atomic E-state index is -4.06. The van der Waals surface area contributed by atoms with Crippen molar-refractivity contribution in [3.8, 4) is 0 Å². The van der Waals surface area contributed by atoms with Crippen molar-refractivity contribution < 1.29 is 26.8 Å². The topological polar surface area (TPSA) is 85.6 Å². The van der Waals surface area contributed by atoms with Gasteiger partial charge in [0.25, 0.3) is 10.0 Å². The van der Waals surface area contributed by atoms with Crippen molar-refractivity contribution >= 4 is 44.4 Å². The quantitative estimate of drug-likeness (QED) is 0.285. The molecule has 0 atom stereocenters. The molecule has 0 fully saturated rings. The molecule has 1 N–H and O–H groups in total. The van der Waals surface area contributed by atoms with Gasteiger partial charge in [-0.15, -0.1) is 11.8 Å². The third kappa shape index (κ3) is 4.79. The number of rotatable bonds is 7. The minimum Gasteiger partial charge on any atom is -0.465 e. The van der Waals surface area contributed by atoms with Gasteiger partial charge in [-0.05, 0) is 42.0 Å². The zero-order valence-corrected chi connectivity index (χ0v) is 18.5. The maximum atomic E-state index is 13.9. The number of esters is 1. The highest BCUT2D eigenvalue weighted by molar-refractivity contribution is 7.98. The number of halogens is 1. The van der Waals surface area contributed by atoms with Gasteiger partial charge in [0.2, 0.25) is 5.09 Å². The van der Waals surface area contributed by atoms with Crippen LogP contribution in [-0.2, 0) is 20.5 Å². The van der Waals surface area contributed by atoms with E-state index in [1.165, 1.54) is 37.1 Å². The molecule has 0 spiro atoms. The summed E-state index contributed by atoms with van der Waals surface area (Å²) < 4.78 is 52.2. The summed E-state index contributed by atoms with van der Waals surface area (Å²) in [5.74, 6) is -0.518. The highest BCUT2D eigenvalue weighted by Crippen LogP contribution is 2.33. The summed E-state index contributed by atoms with van der Waals surface area (Å²) >= 11 is 1.33. The molecule has 9 heteroatoms. The van der Waals surface area contributed by atoms with Gasteiger partial charge in [0.05, 0.1) is 18.4 Å². The fourth-order valence-electron chi connectivity index (χ4n) is 3.01. The maximum absolute atomic E-state index is 13.9. The molecule has 0 bridgehead atoms. The minimum absolute atomic E-state index is 0.113. The van der Waals surface area contributed by atoms with E-state index >= 15 is 0 Å². The summed E-state index contributed by atoms with van der Waals surface area (Å²) in [6.07, 6.45) is 0. The molecule has 0 radical (unpaired) electrons. The SMILES string of the molecule is COC(=O)c1ccc(CSc2ccc(F)cc2NS(=O)(=O)c2cc3ccccc3o2)cc1. The Labute approximate surface area is 188 Å². The summed E-state index contributed by atoms with van der Waals surface area (Å²) in [7, 11) is -2.75. The molecule has 0 aliphatic heterocycles. The number of thioether (sulfide) groups is 1. The van der Waals surface area contributed by atoms with Crippen LogP contribution in [-0.4, -0.2) is 21.5 Å². The zero-order chi connectivity index (χ0) is 22.7. The Balaban J connectivity index is 1.54. The number of ether oxygens (including phenoxy) is 1. The highest BCUT2D eigenvalue weighted by Gasteiger charge is 2.21. The van der Waals surface area contributed by atoms with Crippen LogP contribution in [0.25, 0.3) is 11.0 Å². The molecule has 4 rings (SSSR count). The Hall–Kier alpha value is -3.30. The van der Waals surface area contributed by atoms with Gasteiger partial charge >= 0.3 is 5.97 Å². The Morgan fingerprint density at radius 3 is 2.53 bits per heavy atom. The summed E-state index contributed by atoms with van der Waals surface area (Å²) in [6, 6.07) is 19.1. The standard InChI is InChI=1S/C23H18FNO5S2/c1-29-23(26)16-8-6-15(7-9-16)14-31-21-11-10-18(24)13-19(21)25-32(27,28)22-12-17-4-2-3-5-20(17)30-22/h2-13,25H,14H2,1H3. The van der Waals surface area contributed by atoms with Crippen molar-refractivity contribution in [3.05, 3.63) is 89.7 Å². The molecule has 0 aliphatic rings. The van der Waals surface area contributed by atoms with Crippen LogP contribution in [0.2, 0.25) is 0 Å². The van der Waals surface area contributed by atoms with Crippen molar-refractivity contribution in [1.29, 1.82) is 0 Å². The second-order valence-electron chi connectivity index (χ2n) is 6.83. The summed E-state index contributed by atoms with van der Waals surface area (Å²) in [5.41, 5.74) is 1.89. The van der Waals surface area contributed by atoms with Gasteiger partial charge in [-0.3, -0.25) is 4.72 Å². The Morgan fingerprint density at radius 1 is 1.06 bits per heavy atom. The molecule has 1 heterocycles. The first kappa shape index (κ1) is 21.9. The third-order valence-corrected chi connectivity index (χ3v) is 6.99. The van der Waals surface area contributed by atoms with Crippen molar-refractivity contribution in [3.63, 3.8) is 0 Å². The first-order chi connectivity index (χ1) is 15.4. The molecule has 32 heavy (non-hydrogen) atoms. The molecule has 0 amide bonds. The largest absolute Gasteiger partial charge is 0.465 e. The lowest BCUT2D eigenvalue weighted by molar-refractivity contribution is 0.0600. The van der Waals surface area contributed by atoms with Gasteiger partial charge in [-0.1, -0.05) is 30.3 Å². The summed E-state index contributed by atoms with van der Waals surface area (Å²) in [5, 5.41) is 0.398. The monoisotopic (exact) mass is 471 g/mol. The molecule has 4 aromatic rings. The highest BCUT2D eigenvalue weighted by atomic mass is 32.2. The van der Waals surface area contributed by atoms with Crippen molar-refractivity contribution in [2.75, 3.05) is 11.8 Å². The number of anilines is 1. The van der Waals surface area contributed by atoms with Crippen LogP contribution in [0, 0.1) is 5.82 Å². The van der Waals surface area contributed by atoms with E-state index in [1.54, 1.807) is 48.5 Å². The number of fused-ring (bicyclic) bond motifs is 1. The molecule has 3 aromatic carbocycles. The molecule has 0 unspecified atom stereocenters. The number of methoxy groups -OCH3 is 1. The Bertz CT molecular complexity index is 1350. The second kappa shape index (κ2) is 9.05. The average Bonchev–Trinajstić information content (AvgIpc) is 3.24. The lowest BCUT2D eigenvalue weighted by Crippen LogP contribution is -2.13. The molecular weight excluding hydrogens is 453 g/mol. The summed E-state index contributed by atoms with van der Waals surface area (Å²) in [6.45, 7) is 0. The number of para-hydroxylation sites is 1. The molecule has 0 saturated carbocycles. The zero-order valence-electron chi connectivity index (χ0n) is 16.9. The van der Waals surface area contributed by atoms with Crippen LogP contribution >= 0.6 is 11.8 Å². The van der Waals surface area contributed by atoms with E-state index in [-0.39, 0.29) is 10.8 Å². The summed E-state index contributed by atoms with van der Waals surface area (Å²) in [4.78, 5) is 12.1. The maximum Gasteiger partial charge on any atom is 0.337 e. The van der Waals surface area contributed by atoms with Gasteiger partial charge < -0.3 is 9.15 Å². The van der Waals surface area contributed by atoms with E-state index in [0.717, 1.165) is 11.6 Å². The van der Waals surface area contributed by atoms with E-state index in [9.17, 15) is 17.6 Å². The normalized spacial score (nSPS) is 11.4. The fourth-order valence-corrected chi connectivity index (χ4v) is 5.06. The second-order valence-corrected chi connectivity index (χ2v) is 9.46. The van der Waals surface area contributed by atoms with E-state index in [2.05, 4.69) is 9.46 Å². The number of sulfonamides is 1. The lowest BCUT2D eigenvalue weighted by Gasteiger charge is -2.12. The van der Waals surface area contributed by atoms with E-state index in [0.29, 0.717) is 27.2 Å². The van der Waals surface area contributed by atoms with Crippen molar-refractivity contribution in [2.24, 2.45) is 0 Å². The first-order valence-electron chi connectivity index (χ1n) is 9.47. The number of hydrogen-bond acceptors (Lipinski definition) is 6. The van der Waals surface area contributed by atoms with E-state index in [4.69, 9.17) is 4.42 Å². The Morgan fingerprint density at radius 2 is 1.81 bits per heavy atom. The molecule has 0 saturated heterocycles. The van der Waals surface area contributed by atoms with Crippen LogP contribution in [0.15, 0.2) is 87.2 Å². The molecule has 1 aromatic heterocycles. The lowest BCUT2D eigenvalue weighted by atomic mass is 10.1. The molecular formula is C23H18FNO5S2. The van der Waals surface area contributed by atoms with Gasteiger partial charge in [0.1, 0.15) is 11.4 Å². The third-order valence-electron chi connectivity index (χ3n) is 4.62. The van der Waals surface area contributed by atoms with E-state index in [1.807, 2.05) is 0 Å². The van der Waals surface area contributed by atoms with Crippen LogP contribution in [0.3, 0.4) is 0 Å². The van der Waals surface area contributed by atoms with Gasteiger partial charge in [0.15, 0.2) is 0 Å². The van der Waals surface area contributed by atoms with Crippen LogP contribution in [0.1, 0.15) is 15.9 Å². The van der Waals surface area contributed by atoms with Crippen molar-refractivity contribution in [2.45, 2.75) is 15.7 Å². The number of benzene rings is 3. The Kier molecular flexibility index (Phi) is 6.20. The predicted octanol–water partition coefficient (Wildman–Crippen LogP) is 5.45. The predicted molar refractivity (Wildman–Crippen MR) is 121 cm³/mol. The number of furan rings is 1. The fraction of sp³-hybridized carbons (Fsp3) is 0.0870. The van der Waals surface area contributed by atoms with Gasteiger partial charge in [-0.25, -0.2) is 9.18 Å². The number of hydrogen-bond donors (Lipinski definition) is 1. The number of carbonyl (C=O) groups excluding carboxylic acids is 1. The molecule has 0 aliphatic carbocycles. The van der Waals surface area contributed by atoms with Crippen molar-refractivity contribution in [1.82, 2.24) is 0 Å². The van der Waals surface area contributed by atoms with Crippen LogP contribution in [0.5, 0.6) is 0 Å². The smallest absolute Gasteiger partial charge is 0.337 e. The molecule has 164 valence electrons. The van der Waals surface area contributed by atoms with Crippen LogP contribution in [0.4, 0.5) is 10.1 Å². The van der Waals surface area contributed by atoms with Crippen LogP contribution < -0.4 is 4.72 Å². The van der Waals surface area contributed by atoms with E-state index < -0.39 is 21.8 Å². The van der Waals surface area contributed by atoms with Gasteiger partial charge in [-0.2, -0.15) is 8.42 Å². The average molecular weight is 472 g/mol. The number of carbonyl (C=O) groups is 1. The van der Waals surface area contributed by atoms with Gasteiger partial charge in [0, 0.05) is 22.1 Å². The number of nitrogens with one attached hydrogen (secondary N) is 1. The first-order valence-corrected chi connectivity index (χ1v) is 11.9. The molecule has 6 nitrogen and oxygen atoms in total.